The van der Waals surface area contributed by atoms with Crippen molar-refractivity contribution < 1.29 is 23.0 Å². The molecule has 1 N–H and O–H groups in total. The highest BCUT2D eigenvalue weighted by Crippen LogP contribution is 2.42. The van der Waals surface area contributed by atoms with Gasteiger partial charge < -0.3 is 14.8 Å². The third-order valence-corrected chi connectivity index (χ3v) is 3.92. The summed E-state index contributed by atoms with van der Waals surface area (Å²) in [5.41, 5.74) is 2.49. The van der Waals surface area contributed by atoms with Gasteiger partial charge in [-0.15, -0.1) is 8.78 Å². The van der Waals surface area contributed by atoms with E-state index in [1.165, 1.54) is 18.2 Å². The lowest BCUT2D eigenvalue weighted by atomic mass is 9.99. The molecule has 0 fully saturated rings. The molecule has 0 radical (unpaired) electrons. The van der Waals surface area contributed by atoms with Crippen molar-refractivity contribution in [2.45, 2.75) is 6.29 Å². The molecule has 1 aliphatic rings. The Balaban J connectivity index is 1.61. The van der Waals surface area contributed by atoms with Crippen LogP contribution in [0.25, 0.3) is 11.1 Å². The third kappa shape index (κ3) is 3.09. The third-order valence-electron chi connectivity index (χ3n) is 3.92. The molecule has 0 spiro atoms. The fourth-order valence-electron chi connectivity index (χ4n) is 2.78. The maximum absolute atomic E-state index is 13.1. The molecule has 0 bridgehead atoms. The summed E-state index contributed by atoms with van der Waals surface area (Å²) in [7, 11) is 0. The van der Waals surface area contributed by atoms with Crippen LogP contribution in [0.1, 0.15) is 10.4 Å². The van der Waals surface area contributed by atoms with Crippen molar-refractivity contribution in [1.29, 1.82) is 0 Å². The van der Waals surface area contributed by atoms with Crippen LogP contribution in [0.15, 0.2) is 72.8 Å². The molecular formula is C20H13F2NO3. The van der Waals surface area contributed by atoms with Gasteiger partial charge in [0.2, 0.25) is 0 Å². The maximum Gasteiger partial charge on any atom is 0.586 e. The second kappa shape index (κ2) is 6.15. The minimum absolute atomic E-state index is 0.0716. The summed E-state index contributed by atoms with van der Waals surface area (Å²) in [5.74, 6) is -0.545. The molecule has 3 aromatic carbocycles. The molecule has 0 aromatic heterocycles. The lowest BCUT2D eigenvalue weighted by Crippen LogP contribution is -2.25. The summed E-state index contributed by atoms with van der Waals surface area (Å²) in [6.07, 6.45) is -3.69. The second-order valence-electron chi connectivity index (χ2n) is 5.69. The number of halogens is 2. The number of rotatable bonds is 3. The molecule has 1 heterocycles. The van der Waals surface area contributed by atoms with Gasteiger partial charge in [-0.25, -0.2) is 0 Å². The van der Waals surface area contributed by atoms with Crippen LogP contribution in [0, 0.1) is 0 Å². The fourth-order valence-corrected chi connectivity index (χ4v) is 2.78. The van der Waals surface area contributed by atoms with Crippen LogP contribution >= 0.6 is 0 Å². The number of benzene rings is 3. The SMILES string of the molecule is O=C(Nc1ccc2c(c1)OC(F)(F)O2)c1ccccc1-c1ccccc1. The van der Waals surface area contributed by atoms with Crippen LogP contribution in [0.3, 0.4) is 0 Å². The van der Waals surface area contributed by atoms with E-state index >= 15 is 0 Å². The van der Waals surface area contributed by atoms with Crippen LogP contribution in [-0.4, -0.2) is 12.2 Å². The molecule has 4 nitrogen and oxygen atoms in total. The first-order valence-corrected chi connectivity index (χ1v) is 7.87. The molecule has 6 heteroatoms. The largest absolute Gasteiger partial charge is 0.586 e. The maximum atomic E-state index is 13.1. The Morgan fingerprint density at radius 1 is 0.846 bits per heavy atom. The first-order chi connectivity index (χ1) is 12.5. The number of amides is 1. The lowest BCUT2D eigenvalue weighted by Gasteiger charge is -2.11. The van der Waals surface area contributed by atoms with E-state index in [0.717, 1.165) is 11.1 Å². The molecule has 0 saturated carbocycles. The van der Waals surface area contributed by atoms with Crippen molar-refractivity contribution in [2.75, 3.05) is 5.32 Å². The highest BCUT2D eigenvalue weighted by atomic mass is 19.3. The predicted octanol–water partition coefficient (Wildman–Crippen LogP) is 4.93. The van der Waals surface area contributed by atoms with Gasteiger partial charge in [-0.2, -0.15) is 0 Å². The fraction of sp³-hybridized carbons (Fsp3) is 0.0500. The van der Waals surface area contributed by atoms with E-state index in [9.17, 15) is 13.6 Å². The van der Waals surface area contributed by atoms with Crippen LogP contribution in [0.5, 0.6) is 11.5 Å². The molecule has 26 heavy (non-hydrogen) atoms. The average Bonchev–Trinajstić information content (AvgIpc) is 2.95. The minimum Gasteiger partial charge on any atom is -0.395 e. The average molecular weight is 353 g/mol. The summed E-state index contributed by atoms with van der Waals surface area (Å²) >= 11 is 0. The van der Waals surface area contributed by atoms with Gasteiger partial charge in [0.05, 0.1) is 0 Å². The van der Waals surface area contributed by atoms with Crippen molar-refractivity contribution in [3.63, 3.8) is 0 Å². The van der Waals surface area contributed by atoms with Crippen molar-refractivity contribution in [3.05, 3.63) is 78.4 Å². The quantitative estimate of drug-likeness (QED) is 0.726. The molecular weight excluding hydrogens is 340 g/mol. The Hall–Kier alpha value is -3.41. The van der Waals surface area contributed by atoms with E-state index in [0.29, 0.717) is 11.3 Å². The van der Waals surface area contributed by atoms with Gasteiger partial charge in [0, 0.05) is 17.3 Å². The van der Waals surface area contributed by atoms with Gasteiger partial charge >= 0.3 is 6.29 Å². The zero-order valence-corrected chi connectivity index (χ0v) is 13.4. The molecule has 3 aromatic rings. The Bertz CT molecular complexity index is 974. The molecule has 0 aliphatic carbocycles. The Morgan fingerprint density at radius 2 is 1.54 bits per heavy atom. The van der Waals surface area contributed by atoms with Crippen LogP contribution in [0.4, 0.5) is 14.5 Å². The molecule has 4 rings (SSSR count). The van der Waals surface area contributed by atoms with Gasteiger partial charge in [0.1, 0.15) is 0 Å². The molecule has 0 unspecified atom stereocenters. The first kappa shape index (κ1) is 16.1. The monoisotopic (exact) mass is 353 g/mol. The number of fused-ring (bicyclic) bond motifs is 1. The number of anilines is 1. The molecule has 0 atom stereocenters. The molecule has 130 valence electrons. The summed E-state index contributed by atoms with van der Waals surface area (Å²) in [6, 6.07) is 20.8. The van der Waals surface area contributed by atoms with E-state index in [2.05, 4.69) is 14.8 Å². The molecule has 1 aliphatic heterocycles. The summed E-state index contributed by atoms with van der Waals surface area (Å²) in [4.78, 5) is 12.7. The van der Waals surface area contributed by atoms with E-state index in [-0.39, 0.29) is 17.4 Å². The van der Waals surface area contributed by atoms with Crippen LogP contribution < -0.4 is 14.8 Å². The molecule has 0 saturated heterocycles. The van der Waals surface area contributed by atoms with Crippen molar-refractivity contribution in [2.24, 2.45) is 0 Å². The number of hydrogen-bond donors (Lipinski definition) is 1. The second-order valence-corrected chi connectivity index (χ2v) is 5.69. The predicted molar refractivity (Wildman–Crippen MR) is 92.5 cm³/mol. The van der Waals surface area contributed by atoms with Crippen LogP contribution in [0.2, 0.25) is 0 Å². The highest BCUT2D eigenvalue weighted by Gasteiger charge is 2.43. The standard InChI is InChI=1S/C20H13F2NO3/c21-20(22)25-17-11-10-14(12-18(17)26-20)23-19(24)16-9-5-4-8-15(16)13-6-2-1-3-7-13/h1-12H,(H,23,24). The normalized spacial score (nSPS) is 14.1. The zero-order valence-electron chi connectivity index (χ0n) is 13.4. The zero-order chi connectivity index (χ0) is 18.1. The smallest absolute Gasteiger partial charge is 0.395 e. The molecule has 1 amide bonds. The Labute approximate surface area is 148 Å². The number of carbonyl (C=O) groups excluding carboxylic acids is 1. The number of carbonyl (C=O) groups is 1. The first-order valence-electron chi connectivity index (χ1n) is 7.87. The van der Waals surface area contributed by atoms with Gasteiger partial charge in [-0.3, -0.25) is 4.79 Å². The summed E-state index contributed by atoms with van der Waals surface area (Å²) in [6.45, 7) is 0. The van der Waals surface area contributed by atoms with Crippen molar-refractivity contribution in [3.8, 4) is 22.6 Å². The number of ether oxygens (including phenoxy) is 2. The van der Waals surface area contributed by atoms with E-state index < -0.39 is 6.29 Å². The van der Waals surface area contributed by atoms with Gasteiger partial charge in [-0.05, 0) is 29.3 Å². The van der Waals surface area contributed by atoms with Crippen LogP contribution in [-0.2, 0) is 0 Å². The van der Waals surface area contributed by atoms with E-state index in [1.54, 1.807) is 12.1 Å². The van der Waals surface area contributed by atoms with E-state index in [4.69, 9.17) is 0 Å². The Kier molecular flexibility index (Phi) is 3.80. The minimum atomic E-state index is -3.69. The number of nitrogens with one attached hydrogen (secondary N) is 1. The van der Waals surface area contributed by atoms with Gasteiger partial charge in [0.25, 0.3) is 5.91 Å². The number of alkyl halides is 2. The highest BCUT2D eigenvalue weighted by molar-refractivity contribution is 6.08. The van der Waals surface area contributed by atoms with Crippen molar-refractivity contribution in [1.82, 2.24) is 0 Å². The lowest BCUT2D eigenvalue weighted by molar-refractivity contribution is -0.286. The van der Waals surface area contributed by atoms with Crippen molar-refractivity contribution >= 4 is 11.6 Å². The van der Waals surface area contributed by atoms with E-state index in [1.807, 2.05) is 42.5 Å². The van der Waals surface area contributed by atoms with Gasteiger partial charge in [0.15, 0.2) is 11.5 Å². The summed E-state index contributed by atoms with van der Waals surface area (Å²) < 4.78 is 35.0. The Morgan fingerprint density at radius 3 is 2.35 bits per heavy atom. The number of hydrogen-bond acceptors (Lipinski definition) is 3. The summed E-state index contributed by atoms with van der Waals surface area (Å²) in [5, 5.41) is 2.71. The van der Waals surface area contributed by atoms with Gasteiger partial charge in [-0.1, -0.05) is 48.5 Å². The topological polar surface area (TPSA) is 47.6 Å².